The molecule has 0 fully saturated rings. The van der Waals surface area contributed by atoms with E-state index in [1.54, 1.807) is 0 Å². The van der Waals surface area contributed by atoms with Gasteiger partial charge in [-0.1, -0.05) is 25.2 Å². The van der Waals surface area contributed by atoms with Crippen LogP contribution >= 0.6 is 11.3 Å². The number of amides is 1. The highest BCUT2D eigenvalue weighted by Gasteiger charge is 2.20. The molecule has 1 heterocycles. The smallest absolute Gasteiger partial charge is 0.282 e. The highest BCUT2D eigenvalue weighted by atomic mass is 32.1. The van der Waals surface area contributed by atoms with Gasteiger partial charge in [0.25, 0.3) is 5.91 Å². The first-order chi connectivity index (χ1) is 9.08. The molecule has 1 atom stereocenters. The summed E-state index contributed by atoms with van der Waals surface area (Å²) in [6.45, 7) is 9.92. The Morgan fingerprint density at radius 3 is 2.68 bits per heavy atom. The topological polar surface area (TPSA) is 76.1 Å². The summed E-state index contributed by atoms with van der Waals surface area (Å²) in [5.74, 6) is 0.108. The van der Waals surface area contributed by atoms with Crippen molar-refractivity contribution in [3.8, 4) is 0 Å². The van der Waals surface area contributed by atoms with Crippen LogP contribution in [0.4, 0.5) is 5.13 Å². The Morgan fingerprint density at radius 1 is 1.37 bits per heavy atom. The van der Waals surface area contributed by atoms with Crippen molar-refractivity contribution in [2.75, 3.05) is 25.1 Å². The van der Waals surface area contributed by atoms with Crippen molar-refractivity contribution in [1.82, 2.24) is 15.5 Å². The number of ether oxygens (including phenoxy) is 1. The molecule has 7 heteroatoms. The minimum Gasteiger partial charge on any atom is -0.380 e. The number of aromatic nitrogens is 2. The van der Waals surface area contributed by atoms with Gasteiger partial charge in [-0.25, -0.2) is 0 Å². The van der Waals surface area contributed by atoms with E-state index in [-0.39, 0.29) is 11.9 Å². The van der Waals surface area contributed by atoms with Crippen molar-refractivity contribution in [1.29, 1.82) is 0 Å². The molecular weight excluding hydrogens is 264 g/mol. The lowest BCUT2D eigenvalue weighted by molar-refractivity contribution is 0.0805. The minimum atomic E-state index is -0.194. The Hall–Kier alpha value is -1.21. The van der Waals surface area contributed by atoms with Gasteiger partial charge >= 0.3 is 0 Å². The summed E-state index contributed by atoms with van der Waals surface area (Å²) >= 11 is 1.26. The zero-order chi connectivity index (χ0) is 14.3. The number of hydrogen-bond acceptors (Lipinski definition) is 6. The first-order valence-electron chi connectivity index (χ1n) is 6.54. The van der Waals surface area contributed by atoms with Crippen LogP contribution in [0.15, 0.2) is 0 Å². The molecule has 1 unspecified atom stereocenters. The second kappa shape index (κ2) is 8.06. The monoisotopic (exact) mass is 286 g/mol. The van der Waals surface area contributed by atoms with Crippen molar-refractivity contribution in [3.05, 3.63) is 5.01 Å². The largest absolute Gasteiger partial charge is 0.380 e. The van der Waals surface area contributed by atoms with Gasteiger partial charge in [0.2, 0.25) is 10.1 Å². The van der Waals surface area contributed by atoms with Crippen LogP contribution in [0.3, 0.4) is 0 Å². The van der Waals surface area contributed by atoms with Gasteiger partial charge in [0.05, 0.1) is 12.6 Å². The van der Waals surface area contributed by atoms with Crippen LogP contribution in [0.2, 0.25) is 0 Å². The number of nitrogens with one attached hydrogen (secondary N) is 2. The molecule has 0 aliphatic carbocycles. The molecule has 0 radical (unpaired) electrons. The Kier molecular flexibility index (Phi) is 6.72. The van der Waals surface area contributed by atoms with Gasteiger partial charge in [-0.3, -0.25) is 4.79 Å². The number of rotatable bonds is 8. The molecule has 1 amide bonds. The fraction of sp³-hybridized carbons (Fsp3) is 0.750. The molecule has 0 spiro atoms. The lowest BCUT2D eigenvalue weighted by Crippen LogP contribution is -2.41. The Bertz CT molecular complexity index is 395. The predicted octanol–water partition coefficient (Wildman–Crippen LogP) is 1.76. The molecule has 1 aromatic heterocycles. The van der Waals surface area contributed by atoms with Crippen LogP contribution in [0.5, 0.6) is 0 Å². The summed E-state index contributed by atoms with van der Waals surface area (Å²) < 4.78 is 5.38. The van der Waals surface area contributed by atoms with Crippen molar-refractivity contribution in [3.63, 3.8) is 0 Å². The van der Waals surface area contributed by atoms with E-state index >= 15 is 0 Å². The third kappa shape index (κ3) is 5.12. The van der Waals surface area contributed by atoms with Crippen molar-refractivity contribution >= 4 is 22.4 Å². The fourth-order valence-electron chi connectivity index (χ4n) is 1.41. The maximum atomic E-state index is 12.1. The molecule has 0 aliphatic rings. The number of carbonyl (C=O) groups excluding carboxylic acids is 1. The average Bonchev–Trinajstić information content (AvgIpc) is 2.83. The second-order valence-corrected chi connectivity index (χ2v) is 5.40. The highest BCUT2D eigenvalue weighted by molar-refractivity contribution is 7.17. The molecule has 0 aromatic carbocycles. The zero-order valence-corrected chi connectivity index (χ0v) is 12.7. The average molecular weight is 286 g/mol. The second-order valence-electron chi connectivity index (χ2n) is 4.43. The number of hydrogen-bond donors (Lipinski definition) is 2. The minimum absolute atomic E-state index is 0.0149. The molecule has 0 bridgehead atoms. The van der Waals surface area contributed by atoms with Crippen LogP contribution in [0.1, 0.15) is 37.5 Å². The van der Waals surface area contributed by atoms with Crippen molar-refractivity contribution in [2.45, 2.75) is 33.7 Å². The van der Waals surface area contributed by atoms with E-state index in [1.165, 1.54) is 11.3 Å². The maximum Gasteiger partial charge on any atom is 0.282 e. The third-order valence-corrected chi connectivity index (χ3v) is 3.45. The normalized spacial score (nSPS) is 12.5. The summed E-state index contributed by atoms with van der Waals surface area (Å²) in [6.07, 6.45) is 0. The van der Waals surface area contributed by atoms with Crippen molar-refractivity contribution in [2.24, 2.45) is 5.92 Å². The van der Waals surface area contributed by atoms with Crippen molar-refractivity contribution < 1.29 is 9.53 Å². The van der Waals surface area contributed by atoms with E-state index < -0.39 is 0 Å². The van der Waals surface area contributed by atoms with Gasteiger partial charge in [0.1, 0.15) is 0 Å². The molecule has 108 valence electrons. The molecule has 6 nitrogen and oxygen atoms in total. The molecular formula is C12H22N4O2S. The summed E-state index contributed by atoms with van der Waals surface area (Å²) in [6, 6.07) is -0.0149. The first-order valence-corrected chi connectivity index (χ1v) is 7.36. The Morgan fingerprint density at radius 2 is 2.11 bits per heavy atom. The van der Waals surface area contributed by atoms with Crippen LogP contribution < -0.4 is 10.6 Å². The fourth-order valence-corrected chi connectivity index (χ4v) is 2.13. The van der Waals surface area contributed by atoms with E-state index in [0.29, 0.717) is 29.3 Å². The lowest BCUT2D eigenvalue weighted by Gasteiger charge is -2.21. The van der Waals surface area contributed by atoms with E-state index in [9.17, 15) is 4.79 Å². The van der Waals surface area contributed by atoms with E-state index in [0.717, 1.165) is 6.54 Å². The standard InChI is InChI=1S/C12H22N4O2S/c1-5-13-12-16-15-11(19-12)10(17)14-9(8(3)4)7-18-6-2/h8-9H,5-7H2,1-4H3,(H,13,16)(H,14,17). The van der Waals surface area contributed by atoms with Gasteiger partial charge in [-0.2, -0.15) is 0 Å². The van der Waals surface area contributed by atoms with Crippen LogP contribution in [0, 0.1) is 5.92 Å². The maximum absolute atomic E-state index is 12.1. The summed E-state index contributed by atoms with van der Waals surface area (Å²) in [5.41, 5.74) is 0. The lowest BCUT2D eigenvalue weighted by atomic mass is 10.1. The van der Waals surface area contributed by atoms with Crippen LogP contribution in [0.25, 0.3) is 0 Å². The van der Waals surface area contributed by atoms with Crippen LogP contribution in [-0.2, 0) is 4.74 Å². The Labute approximate surface area is 118 Å². The number of nitrogens with zero attached hydrogens (tertiary/aromatic N) is 2. The molecule has 0 aliphatic heterocycles. The van der Waals surface area contributed by atoms with Gasteiger partial charge in [-0.05, 0) is 19.8 Å². The number of carbonyl (C=O) groups is 1. The predicted molar refractivity (Wildman–Crippen MR) is 76.7 cm³/mol. The molecule has 1 rings (SSSR count). The SMILES string of the molecule is CCNc1nnc(C(=O)NC(COCC)C(C)C)s1. The summed E-state index contributed by atoms with van der Waals surface area (Å²) in [4.78, 5) is 12.1. The quantitative estimate of drug-likeness (QED) is 0.761. The Balaban J connectivity index is 2.59. The van der Waals surface area contributed by atoms with Gasteiger partial charge in [-0.15, -0.1) is 10.2 Å². The first kappa shape index (κ1) is 15.8. The molecule has 0 saturated heterocycles. The van der Waals surface area contributed by atoms with E-state index in [2.05, 4.69) is 20.8 Å². The summed E-state index contributed by atoms with van der Waals surface area (Å²) in [7, 11) is 0. The molecule has 0 saturated carbocycles. The zero-order valence-electron chi connectivity index (χ0n) is 11.9. The molecule has 1 aromatic rings. The van der Waals surface area contributed by atoms with E-state index in [4.69, 9.17) is 4.74 Å². The molecule has 19 heavy (non-hydrogen) atoms. The number of anilines is 1. The highest BCUT2D eigenvalue weighted by Crippen LogP contribution is 2.15. The molecule has 2 N–H and O–H groups in total. The van der Waals surface area contributed by atoms with Gasteiger partial charge in [0.15, 0.2) is 0 Å². The van der Waals surface area contributed by atoms with Gasteiger partial charge < -0.3 is 15.4 Å². The van der Waals surface area contributed by atoms with Crippen LogP contribution in [-0.4, -0.2) is 41.9 Å². The third-order valence-electron chi connectivity index (χ3n) is 2.57. The van der Waals surface area contributed by atoms with Gasteiger partial charge in [0, 0.05) is 13.2 Å². The van der Waals surface area contributed by atoms with E-state index in [1.807, 2.05) is 27.7 Å². The summed E-state index contributed by atoms with van der Waals surface area (Å²) in [5, 5.41) is 14.8.